The molecule has 0 aliphatic carbocycles. The van der Waals surface area contributed by atoms with Crippen LogP contribution in [0.15, 0.2) is 18.2 Å². The van der Waals surface area contributed by atoms with E-state index in [9.17, 15) is 9.90 Å². The maximum absolute atomic E-state index is 11.9. The third kappa shape index (κ3) is 2.97. The fraction of sp³-hybridized carbons (Fsp3) is 0.462. The van der Waals surface area contributed by atoms with Crippen LogP contribution in [0.4, 0.5) is 5.69 Å². The van der Waals surface area contributed by atoms with Crippen LogP contribution in [0.5, 0.6) is 5.75 Å². The Morgan fingerprint density at radius 1 is 1.47 bits per heavy atom. The molecule has 0 spiro atoms. The van der Waals surface area contributed by atoms with Gasteiger partial charge in [0.05, 0.1) is 5.69 Å². The van der Waals surface area contributed by atoms with Gasteiger partial charge in [0.2, 0.25) is 0 Å². The molecule has 4 nitrogen and oxygen atoms in total. The van der Waals surface area contributed by atoms with E-state index in [0.29, 0.717) is 12.3 Å². The summed E-state index contributed by atoms with van der Waals surface area (Å²) in [6, 6.07) is 5.17. The second-order valence-corrected chi connectivity index (χ2v) is 4.37. The molecule has 17 heavy (non-hydrogen) atoms. The Hall–Kier alpha value is -1.55. The fourth-order valence-electron chi connectivity index (χ4n) is 1.91. The lowest BCUT2D eigenvalue weighted by molar-refractivity contribution is -0.129. The maximum Gasteiger partial charge on any atom is 0.253 e. The number of carbonyl (C=O) groups is 1. The van der Waals surface area contributed by atoms with E-state index in [-0.39, 0.29) is 17.8 Å². The van der Waals surface area contributed by atoms with E-state index in [1.807, 2.05) is 13.0 Å². The normalized spacial score (nSPS) is 19.9. The summed E-state index contributed by atoms with van der Waals surface area (Å²) in [5.41, 5.74) is 1.39. The minimum Gasteiger partial charge on any atom is -0.506 e. The minimum absolute atomic E-state index is 0.0918. The van der Waals surface area contributed by atoms with Gasteiger partial charge in [-0.1, -0.05) is 6.07 Å². The first-order valence-corrected chi connectivity index (χ1v) is 5.89. The molecule has 1 atom stereocenters. The molecule has 2 N–H and O–H groups in total. The van der Waals surface area contributed by atoms with Crippen molar-refractivity contribution in [2.45, 2.75) is 32.3 Å². The van der Waals surface area contributed by atoms with Crippen LogP contribution >= 0.6 is 0 Å². The molecule has 4 heteroatoms. The van der Waals surface area contributed by atoms with Gasteiger partial charge in [-0.25, -0.2) is 0 Å². The molecule has 1 heterocycles. The first-order valence-electron chi connectivity index (χ1n) is 5.89. The number of nitrogens with one attached hydrogen (secondary N) is 1. The molecule has 1 aromatic carbocycles. The zero-order valence-electron chi connectivity index (χ0n) is 9.90. The van der Waals surface area contributed by atoms with Gasteiger partial charge >= 0.3 is 0 Å². The van der Waals surface area contributed by atoms with E-state index in [4.69, 9.17) is 4.74 Å². The smallest absolute Gasteiger partial charge is 0.253 e. The molecule has 92 valence electrons. The molecule has 1 aliphatic heterocycles. The predicted octanol–water partition coefficient (Wildman–Crippen LogP) is 2.21. The molecule has 0 saturated carbocycles. The summed E-state index contributed by atoms with van der Waals surface area (Å²) in [4.78, 5) is 11.9. The van der Waals surface area contributed by atoms with Crippen molar-refractivity contribution in [3.63, 3.8) is 0 Å². The van der Waals surface area contributed by atoms with Crippen LogP contribution in [-0.4, -0.2) is 23.7 Å². The van der Waals surface area contributed by atoms with E-state index in [1.165, 1.54) is 0 Å². The Balaban J connectivity index is 2.02. The number of hydrogen-bond acceptors (Lipinski definition) is 3. The minimum atomic E-state index is -0.385. The van der Waals surface area contributed by atoms with Gasteiger partial charge in [-0.05, 0) is 43.9 Å². The number of hydrogen-bond donors (Lipinski definition) is 2. The Morgan fingerprint density at radius 2 is 2.29 bits per heavy atom. The first-order chi connectivity index (χ1) is 8.16. The lowest BCUT2D eigenvalue weighted by Gasteiger charge is -2.21. The monoisotopic (exact) mass is 235 g/mol. The fourth-order valence-corrected chi connectivity index (χ4v) is 1.91. The van der Waals surface area contributed by atoms with Crippen LogP contribution in [0.25, 0.3) is 0 Å². The molecule has 1 aliphatic rings. The van der Waals surface area contributed by atoms with Gasteiger partial charge in [0.15, 0.2) is 0 Å². The van der Waals surface area contributed by atoms with Crippen molar-refractivity contribution in [1.29, 1.82) is 0 Å². The molecule has 1 unspecified atom stereocenters. The SMILES string of the molecule is Cc1ccc(NC(=O)C2CCCCO2)c(O)c1. The summed E-state index contributed by atoms with van der Waals surface area (Å²) in [5, 5.41) is 12.4. The number of aromatic hydroxyl groups is 1. The number of amides is 1. The topological polar surface area (TPSA) is 58.6 Å². The predicted molar refractivity (Wildman–Crippen MR) is 65.1 cm³/mol. The summed E-state index contributed by atoms with van der Waals surface area (Å²) in [7, 11) is 0. The van der Waals surface area contributed by atoms with E-state index in [0.717, 1.165) is 24.8 Å². The molecule has 1 aromatic rings. The van der Waals surface area contributed by atoms with Gasteiger partial charge in [0, 0.05) is 6.61 Å². The highest BCUT2D eigenvalue weighted by atomic mass is 16.5. The van der Waals surface area contributed by atoms with Crippen LogP contribution in [0.3, 0.4) is 0 Å². The van der Waals surface area contributed by atoms with Crippen LogP contribution in [0.1, 0.15) is 24.8 Å². The molecule has 1 fully saturated rings. The summed E-state index contributed by atoms with van der Waals surface area (Å²) >= 11 is 0. The summed E-state index contributed by atoms with van der Waals surface area (Å²) in [5.74, 6) is -0.0852. The van der Waals surface area contributed by atoms with Crippen molar-refractivity contribution in [1.82, 2.24) is 0 Å². The number of benzene rings is 1. The molecule has 0 radical (unpaired) electrons. The Bertz CT molecular complexity index is 411. The van der Waals surface area contributed by atoms with Crippen LogP contribution in [0, 0.1) is 6.92 Å². The van der Waals surface area contributed by atoms with Gasteiger partial charge in [-0.3, -0.25) is 4.79 Å². The van der Waals surface area contributed by atoms with Crippen molar-refractivity contribution >= 4 is 11.6 Å². The van der Waals surface area contributed by atoms with E-state index >= 15 is 0 Å². The van der Waals surface area contributed by atoms with Crippen LogP contribution < -0.4 is 5.32 Å². The van der Waals surface area contributed by atoms with E-state index < -0.39 is 0 Å². The number of anilines is 1. The number of rotatable bonds is 2. The largest absolute Gasteiger partial charge is 0.506 e. The maximum atomic E-state index is 11.9. The average molecular weight is 235 g/mol. The lowest BCUT2D eigenvalue weighted by atomic mass is 10.1. The third-order valence-electron chi connectivity index (χ3n) is 2.88. The number of phenols is 1. The quantitative estimate of drug-likeness (QED) is 0.773. The van der Waals surface area contributed by atoms with Crippen LogP contribution in [-0.2, 0) is 9.53 Å². The van der Waals surface area contributed by atoms with Gasteiger partial charge in [-0.2, -0.15) is 0 Å². The molecule has 2 rings (SSSR count). The van der Waals surface area contributed by atoms with Gasteiger partial charge in [0.1, 0.15) is 11.9 Å². The number of phenolic OH excluding ortho intramolecular Hbond substituents is 1. The second-order valence-electron chi connectivity index (χ2n) is 4.37. The molecule has 1 amide bonds. The highest BCUT2D eigenvalue weighted by molar-refractivity contribution is 5.95. The number of aryl methyl sites for hydroxylation is 1. The van der Waals surface area contributed by atoms with E-state index in [2.05, 4.69) is 5.32 Å². The lowest BCUT2D eigenvalue weighted by Crippen LogP contribution is -2.33. The molecule has 1 saturated heterocycles. The van der Waals surface area contributed by atoms with Crippen molar-refractivity contribution in [2.75, 3.05) is 11.9 Å². The Labute approximate surface area is 101 Å². The van der Waals surface area contributed by atoms with Crippen molar-refractivity contribution in [2.24, 2.45) is 0 Å². The summed E-state index contributed by atoms with van der Waals surface area (Å²) < 4.78 is 5.38. The Kier molecular flexibility index (Phi) is 3.64. The van der Waals surface area contributed by atoms with E-state index in [1.54, 1.807) is 12.1 Å². The summed E-state index contributed by atoms with van der Waals surface area (Å²) in [6.45, 7) is 2.52. The average Bonchev–Trinajstić information content (AvgIpc) is 2.34. The number of ether oxygens (including phenoxy) is 1. The highest BCUT2D eigenvalue weighted by Crippen LogP contribution is 2.25. The second kappa shape index (κ2) is 5.19. The Morgan fingerprint density at radius 3 is 2.94 bits per heavy atom. The molecule has 0 aromatic heterocycles. The number of carbonyl (C=O) groups excluding carboxylic acids is 1. The zero-order valence-corrected chi connectivity index (χ0v) is 9.90. The van der Waals surface area contributed by atoms with Gasteiger partial charge in [0.25, 0.3) is 5.91 Å². The van der Waals surface area contributed by atoms with Crippen molar-refractivity contribution < 1.29 is 14.6 Å². The molecule has 0 bridgehead atoms. The molecular weight excluding hydrogens is 218 g/mol. The van der Waals surface area contributed by atoms with Crippen molar-refractivity contribution in [3.05, 3.63) is 23.8 Å². The van der Waals surface area contributed by atoms with Crippen LogP contribution in [0.2, 0.25) is 0 Å². The van der Waals surface area contributed by atoms with Crippen molar-refractivity contribution in [3.8, 4) is 5.75 Å². The molecular formula is C13H17NO3. The van der Waals surface area contributed by atoms with Gasteiger partial charge in [-0.15, -0.1) is 0 Å². The standard InChI is InChI=1S/C13H17NO3/c1-9-5-6-10(11(15)8-9)14-13(16)12-4-2-3-7-17-12/h5-6,8,12,15H,2-4,7H2,1H3,(H,14,16). The first kappa shape index (κ1) is 11.9. The zero-order chi connectivity index (χ0) is 12.3. The van der Waals surface area contributed by atoms with Gasteiger partial charge < -0.3 is 15.2 Å². The summed E-state index contributed by atoms with van der Waals surface area (Å²) in [6.07, 6.45) is 2.39. The third-order valence-corrected chi connectivity index (χ3v) is 2.88. The highest BCUT2D eigenvalue weighted by Gasteiger charge is 2.22.